The van der Waals surface area contributed by atoms with Gasteiger partial charge in [0.05, 0.1) is 12.8 Å². The van der Waals surface area contributed by atoms with E-state index < -0.39 is 12.0 Å². The van der Waals surface area contributed by atoms with Crippen LogP contribution < -0.4 is 14.8 Å². The molecule has 3 N–H and O–H groups in total. The Balaban J connectivity index is 0.00000320. The minimum atomic E-state index is -0.917. The highest BCUT2D eigenvalue weighted by Gasteiger charge is 2.20. The Labute approximate surface area is 218 Å². The maximum absolute atomic E-state index is 11.9. The maximum Gasteiger partial charge on any atom is 0.346 e. The van der Waals surface area contributed by atoms with Crippen LogP contribution in [0.5, 0.6) is 17.5 Å². The molecule has 0 aliphatic carbocycles. The first-order valence-electron chi connectivity index (χ1n) is 11.3. The Kier molecular flexibility index (Phi) is 8.02. The van der Waals surface area contributed by atoms with Crippen LogP contribution >= 0.6 is 12.4 Å². The Morgan fingerprint density at radius 3 is 2.65 bits per heavy atom. The van der Waals surface area contributed by atoms with Gasteiger partial charge in [0.15, 0.2) is 11.5 Å². The molecule has 0 spiro atoms. The zero-order chi connectivity index (χ0) is 24.9. The summed E-state index contributed by atoms with van der Waals surface area (Å²) in [6.45, 7) is 0.331. The van der Waals surface area contributed by atoms with E-state index in [0.29, 0.717) is 24.5 Å². The third kappa shape index (κ3) is 5.71. The summed E-state index contributed by atoms with van der Waals surface area (Å²) >= 11 is 0. The highest BCUT2D eigenvalue weighted by Crippen LogP contribution is 2.32. The van der Waals surface area contributed by atoms with Crippen LogP contribution in [0.1, 0.15) is 11.1 Å². The number of rotatable bonds is 10. The molecule has 11 heteroatoms. The second-order valence-electron chi connectivity index (χ2n) is 8.13. The molecule has 10 nitrogen and oxygen atoms in total. The number of aliphatic carboxylic acids is 1. The number of hydrogen-bond donors (Lipinski definition) is 3. The van der Waals surface area contributed by atoms with Crippen molar-refractivity contribution < 1.29 is 19.4 Å². The molecule has 5 rings (SSSR count). The molecule has 0 radical (unpaired) electrons. The lowest BCUT2D eigenvalue weighted by atomic mass is 10.0. The molecule has 2 aromatic heterocycles. The van der Waals surface area contributed by atoms with Gasteiger partial charge < -0.3 is 24.9 Å². The molecule has 1 unspecified atom stereocenters. The molecular weight excluding hydrogens is 496 g/mol. The van der Waals surface area contributed by atoms with E-state index in [0.717, 1.165) is 27.7 Å². The quantitative estimate of drug-likeness (QED) is 0.250. The summed E-state index contributed by atoms with van der Waals surface area (Å²) in [5, 5.41) is 25.6. The van der Waals surface area contributed by atoms with Crippen LogP contribution in [-0.4, -0.2) is 49.4 Å². The number of carbonyl (C=O) groups is 1. The zero-order valence-electron chi connectivity index (χ0n) is 19.9. The molecule has 37 heavy (non-hydrogen) atoms. The Morgan fingerprint density at radius 2 is 1.86 bits per heavy atom. The number of methoxy groups -OCH3 is 1. The minimum Gasteiger partial charge on any atom is -0.493 e. The van der Waals surface area contributed by atoms with Crippen molar-refractivity contribution in [1.82, 2.24) is 30.5 Å². The molecule has 0 amide bonds. The van der Waals surface area contributed by atoms with E-state index in [2.05, 4.69) is 25.8 Å². The summed E-state index contributed by atoms with van der Waals surface area (Å²) in [7, 11) is 1.54. The number of para-hydroxylation sites is 2. The monoisotopic (exact) mass is 520 g/mol. The van der Waals surface area contributed by atoms with Crippen molar-refractivity contribution in [1.29, 1.82) is 0 Å². The Morgan fingerprint density at radius 1 is 1.08 bits per heavy atom. The first-order valence-corrected chi connectivity index (χ1v) is 11.3. The number of nitrogens with zero attached hydrogens (tertiary/aromatic N) is 4. The largest absolute Gasteiger partial charge is 0.493 e. The van der Waals surface area contributed by atoms with Crippen LogP contribution in [0.15, 0.2) is 79.0 Å². The van der Waals surface area contributed by atoms with Gasteiger partial charge in [0.25, 0.3) is 0 Å². The van der Waals surface area contributed by atoms with Crippen molar-refractivity contribution in [3.63, 3.8) is 0 Å². The lowest BCUT2D eigenvalue weighted by molar-refractivity contribution is -0.139. The molecule has 3 aromatic carbocycles. The number of carboxylic acid groups (broad SMARTS) is 1. The maximum atomic E-state index is 11.9. The van der Waals surface area contributed by atoms with Gasteiger partial charge in [0, 0.05) is 30.1 Å². The molecule has 0 fully saturated rings. The fourth-order valence-corrected chi connectivity index (χ4v) is 3.99. The van der Waals surface area contributed by atoms with Crippen LogP contribution in [0, 0.1) is 0 Å². The SMILES string of the molecule is COc1cc(CNC(Cc2c[nH]c3ccccc23)C(=O)O)ccc1Oc1nnnn1-c1ccccc1.Cl. The van der Waals surface area contributed by atoms with Crippen LogP contribution in [0.2, 0.25) is 0 Å². The van der Waals surface area contributed by atoms with E-state index in [4.69, 9.17) is 9.47 Å². The van der Waals surface area contributed by atoms with Crippen molar-refractivity contribution in [2.75, 3.05) is 7.11 Å². The number of H-pyrrole nitrogens is 1. The van der Waals surface area contributed by atoms with E-state index in [9.17, 15) is 9.90 Å². The van der Waals surface area contributed by atoms with Gasteiger partial charge in [0.1, 0.15) is 6.04 Å². The summed E-state index contributed by atoms with van der Waals surface area (Å²) < 4.78 is 12.9. The summed E-state index contributed by atoms with van der Waals surface area (Å²) in [6, 6.07) is 22.0. The number of halogens is 1. The fraction of sp³-hybridized carbons (Fsp3) is 0.154. The number of tetrazole rings is 1. The number of ether oxygens (including phenoxy) is 2. The van der Waals surface area contributed by atoms with Gasteiger partial charge in [-0.1, -0.05) is 47.6 Å². The topological polar surface area (TPSA) is 127 Å². The molecule has 0 saturated carbocycles. The van der Waals surface area contributed by atoms with E-state index in [1.54, 1.807) is 12.1 Å². The molecular formula is C26H25ClN6O4. The van der Waals surface area contributed by atoms with Crippen molar-refractivity contribution in [2.24, 2.45) is 0 Å². The fourth-order valence-electron chi connectivity index (χ4n) is 3.99. The summed E-state index contributed by atoms with van der Waals surface area (Å²) in [5.41, 5.74) is 3.53. The summed E-state index contributed by atoms with van der Waals surface area (Å²) in [4.78, 5) is 15.1. The predicted molar refractivity (Wildman–Crippen MR) is 140 cm³/mol. The van der Waals surface area contributed by atoms with Crippen molar-refractivity contribution in [2.45, 2.75) is 19.0 Å². The molecule has 0 aliphatic heterocycles. The molecule has 0 bridgehead atoms. The van der Waals surface area contributed by atoms with Crippen molar-refractivity contribution >= 4 is 29.3 Å². The lowest BCUT2D eigenvalue weighted by Crippen LogP contribution is -2.38. The number of nitrogens with one attached hydrogen (secondary N) is 2. The number of aromatic amines is 1. The number of carboxylic acids is 1. The average molecular weight is 521 g/mol. The molecule has 0 aliphatic rings. The first kappa shape index (κ1) is 25.7. The van der Waals surface area contributed by atoms with E-state index in [-0.39, 0.29) is 18.4 Å². The van der Waals surface area contributed by atoms with Crippen molar-refractivity contribution in [3.05, 3.63) is 90.1 Å². The van der Waals surface area contributed by atoms with Gasteiger partial charge in [-0.25, -0.2) is 0 Å². The summed E-state index contributed by atoms with van der Waals surface area (Å²) in [5.74, 6) is -0.0119. The predicted octanol–water partition coefficient (Wildman–Crippen LogP) is 4.15. The first-order chi connectivity index (χ1) is 17.6. The molecule has 190 valence electrons. The number of fused-ring (bicyclic) bond motifs is 1. The number of hydrogen-bond acceptors (Lipinski definition) is 7. The van der Waals surface area contributed by atoms with Gasteiger partial charge >= 0.3 is 12.0 Å². The average Bonchev–Trinajstić information content (AvgIpc) is 3.54. The molecule has 0 saturated heterocycles. The third-order valence-corrected chi connectivity index (χ3v) is 5.82. The van der Waals surface area contributed by atoms with Crippen molar-refractivity contribution in [3.8, 4) is 23.2 Å². The Bertz CT molecular complexity index is 1490. The summed E-state index contributed by atoms with van der Waals surface area (Å²) in [6.07, 6.45) is 2.21. The number of aromatic nitrogens is 5. The van der Waals surface area contributed by atoms with Gasteiger partial charge in [0.2, 0.25) is 0 Å². The molecule has 1 atom stereocenters. The van der Waals surface area contributed by atoms with E-state index >= 15 is 0 Å². The van der Waals surface area contributed by atoms with Crippen LogP contribution in [0.3, 0.4) is 0 Å². The second-order valence-corrected chi connectivity index (χ2v) is 8.13. The number of benzene rings is 3. The molecule has 2 heterocycles. The smallest absolute Gasteiger partial charge is 0.346 e. The highest BCUT2D eigenvalue weighted by atomic mass is 35.5. The standard InChI is InChI=1S/C26H24N6O4.ClH/c1-35-24-13-17(11-12-23(24)36-26-29-30-31-32(26)19-7-3-2-4-8-19)15-27-22(25(33)34)14-18-16-28-21-10-6-5-9-20(18)21;/h2-13,16,22,27-28H,14-15H2,1H3,(H,33,34);1H. The van der Waals surface area contributed by atoms with Crippen LogP contribution in [-0.2, 0) is 17.8 Å². The normalized spacial score (nSPS) is 11.6. The van der Waals surface area contributed by atoms with Crippen LogP contribution in [0.25, 0.3) is 16.6 Å². The minimum absolute atomic E-state index is 0. The van der Waals surface area contributed by atoms with Crippen LogP contribution in [0.4, 0.5) is 0 Å². The zero-order valence-corrected chi connectivity index (χ0v) is 20.7. The third-order valence-electron chi connectivity index (χ3n) is 5.82. The second kappa shape index (κ2) is 11.5. The van der Waals surface area contributed by atoms with Gasteiger partial charge in [-0.3, -0.25) is 4.79 Å². The van der Waals surface area contributed by atoms with E-state index in [1.165, 1.54) is 11.8 Å². The Hall–Kier alpha value is -4.41. The van der Waals surface area contributed by atoms with E-state index in [1.807, 2.05) is 66.9 Å². The van der Waals surface area contributed by atoms with Gasteiger partial charge in [-0.2, -0.15) is 4.68 Å². The lowest BCUT2D eigenvalue weighted by Gasteiger charge is -2.16. The van der Waals surface area contributed by atoms with Gasteiger partial charge in [-0.05, 0) is 51.9 Å². The van der Waals surface area contributed by atoms with Gasteiger partial charge in [-0.15, -0.1) is 12.4 Å². The highest BCUT2D eigenvalue weighted by molar-refractivity contribution is 5.85. The molecule has 5 aromatic rings.